The highest BCUT2D eigenvalue weighted by molar-refractivity contribution is 5.93. The van der Waals surface area contributed by atoms with E-state index < -0.39 is 17.9 Å². The van der Waals surface area contributed by atoms with Crippen molar-refractivity contribution in [3.8, 4) is 0 Å². The largest absolute Gasteiger partial charge is 0.481 e. The Morgan fingerprint density at radius 1 is 1.03 bits per heavy atom. The minimum Gasteiger partial charge on any atom is -0.481 e. The summed E-state index contributed by atoms with van der Waals surface area (Å²) in [6, 6.07) is 0. The Labute approximate surface area is 191 Å². The minimum absolute atomic E-state index is 0.0576. The first-order chi connectivity index (χ1) is 15.0. The summed E-state index contributed by atoms with van der Waals surface area (Å²) in [5.74, 6) is -0.970. The van der Waals surface area contributed by atoms with Crippen LogP contribution in [0.4, 0.5) is 0 Å². The molecular formula is C26H38O6. The average Bonchev–Trinajstić information content (AvgIpc) is 2.98. The second-order valence-electron chi connectivity index (χ2n) is 11.4. The molecule has 6 heteroatoms. The van der Waals surface area contributed by atoms with Crippen molar-refractivity contribution in [2.45, 2.75) is 91.3 Å². The van der Waals surface area contributed by atoms with Gasteiger partial charge in [-0.1, -0.05) is 20.4 Å². The number of rotatable bonds is 4. The Hall–Kier alpha value is -1.85. The summed E-state index contributed by atoms with van der Waals surface area (Å²) in [7, 11) is 0. The Bertz CT molecular complexity index is 819. The van der Waals surface area contributed by atoms with E-state index in [4.69, 9.17) is 14.6 Å². The lowest BCUT2D eigenvalue weighted by molar-refractivity contribution is -0.160. The summed E-state index contributed by atoms with van der Waals surface area (Å²) >= 11 is 0. The average molecular weight is 447 g/mol. The van der Waals surface area contributed by atoms with Gasteiger partial charge in [-0.05, 0) is 98.4 Å². The number of esters is 2. The van der Waals surface area contributed by atoms with E-state index in [9.17, 15) is 14.4 Å². The maximum atomic E-state index is 12.3. The molecule has 4 saturated carbocycles. The molecule has 0 saturated heterocycles. The van der Waals surface area contributed by atoms with Crippen molar-refractivity contribution in [2.75, 3.05) is 0 Å². The molecule has 0 amide bonds. The molecule has 32 heavy (non-hydrogen) atoms. The maximum Gasteiger partial charge on any atom is 0.320 e. The normalized spacial score (nSPS) is 43.9. The maximum absolute atomic E-state index is 12.3. The van der Waals surface area contributed by atoms with Gasteiger partial charge in [-0.2, -0.15) is 0 Å². The van der Waals surface area contributed by atoms with E-state index in [1.807, 2.05) is 0 Å². The molecule has 0 heterocycles. The Morgan fingerprint density at radius 3 is 2.41 bits per heavy atom. The Balaban J connectivity index is 1.50. The Morgan fingerprint density at radius 2 is 1.75 bits per heavy atom. The van der Waals surface area contributed by atoms with Crippen molar-refractivity contribution in [3.05, 3.63) is 12.2 Å². The van der Waals surface area contributed by atoms with E-state index in [0.29, 0.717) is 23.7 Å². The van der Waals surface area contributed by atoms with Crippen molar-refractivity contribution in [2.24, 2.45) is 40.4 Å². The van der Waals surface area contributed by atoms with Gasteiger partial charge in [-0.15, -0.1) is 0 Å². The molecule has 2 unspecified atom stereocenters. The van der Waals surface area contributed by atoms with E-state index >= 15 is 0 Å². The van der Waals surface area contributed by atoms with Crippen LogP contribution in [0.5, 0.6) is 0 Å². The van der Waals surface area contributed by atoms with Gasteiger partial charge in [0.1, 0.15) is 12.2 Å². The third kappa shape index (κ3) is 3.67. The van der Waals surface area contributed by atoms with Crippen LogP contribution >= 0.6 is 0 Å². The lowest BCUT2D eigenvalue weighted by atomic mass is 9.45. The van der Waals surface area contributed by atoms with Crippen LogP contribution in [0.3, 0.4) is 0 Å². The second-order valence-corrected chi connectivity index (χ2v) is 11.4. The number of hydrogen-bond donors (Lipinski definition) is 1. The fraction of sp³-hybridized carbons (Fsp3) is 0.808. The molecule has 0 spiro atoms. The summed E-state index contributed by atoms with van der Waals surface area (Å²) in [5.41, 5.74) is 1.17. The van der Waals surface area contributed by atoms with Crippen molar-refractivity contribution in [3.63, 3.8) is 0 Å². The van der Waals surface area contributed by atoms with Crippen LogP contribution in [-0.2, 0) is 23.9 Å². The molecule has 6 nitrogen and oxygen atoms in total. The predicted molar refractivity (Wildman–Crippen MR) is 118 cm³/mol. The second kappa shape index (κ2) is 8.18. The number of aliphatic carboxylic acids is 1. The van der Waals surface area contributed by atoms with Crippen molar-refractivity contribution in [1.29, 1.82) is 0 Å². The van der Waals surface area contributed by atoms with Crippen LogP contribution in [0.15, 0.2) is 12.2 Å². The summed E-state index contributed by atoms with van der Waals surface area (Å²) in [4.78, 5) is 35.0. The molecule has 0 aromatic rings. The fourth-order valence-electron chi connectivity index (χ4n) is 7.92. The van der Waals surface area contributed by atoms with Gasteiger partial charge in [0, 0.05) is 6.92 Å². The highest BCUT2D eigenvalue weighted by atomic mass is 16.5. The highest BCUT2D eigenvalue weighted by Gasteiger charge is 2.61. The van der Waals surface area contributed by atoms with Gasteiger partial charge < -0.3 is 14.6 Å². The number of fused-ring (bicyclic) bond motifs is 5. The molecule has 0 aliphatic heterocycles. The lowest BCUT2D eigenvalue weighted by Gasteiger charge is -2.60. The monoisotopic (exact) mass is 446 g/mol. The Kier molecular flexibility index (Phi) is 5.96. The SMILES string of the molecule is C=C1C(OC(=O)C(C)C(=O)O)C[C@H]2[C@@H]3CC[C@@H]4C[C@H](OC(C)=[16O])CC[C@]4(C)[C@H]3CC[C@]12C. The van der Waals surface area contributed by atoms with Crippen molar-refractivity contribution in [1.82, 2.24) is 0 Å². The third-order valence-electron chi connectivity index (χ3n) is 9.91. The summed E-state index contributed by atoms with van der Waals surface area (Å²) < 4.78 is 11.3. The number of ether oxygens (including phenoxy) is 2. The zero-order chi connectivity index (χ0) is 23.4. The molecule has 178 valence electrons. The van der Waals surface area contributed by atoms with Gasteiger partial charge in [-0.3, -0.25) is 14.4 Å². The summed E-state index contributed by atoms with van der Waals surface area (Å²) in [6.07, 6.45) is 7.92. The quantitative estimate of drug-likeness (QED) is 0.380. The van der Waals surface area contributed by atoms with E-state index in [0.717, 1.165) is 56.9 Å². The topological polar surface area (TPSA) is 89.9 Å². The zero-order valence-electron chi connectivity index (χ0n) is 19.9. The van der Waals surface area contributed by atoms with Crippen LogP contribution in [0, 0.1) is 40.4 Å². The van der Waals surface area contributed by atoms with Gasteiger partial charge in [-0.25, -0.2) is 0 Å². The van der Waals surface area contributed by atoms with Crippen molar-refractivity contribution >= 4 is 17.9 Å². The summed E-state index contributed by atoms with van der Waals surface area (Å²) in [6.45, 7) is 12.0. The molecule has 0 bridgehead atoms. The third-order valence-corrected chi connectivity index (χ3v) is 9.91. The number of hydrogen-bond acceptors (Lipinski definition) is 5. The zero-order valence-corrected chi connectivity index (χ0v) is 19.9. The minimum atomic E-state index is -1.16. The summed E-state index contributed by atoms with van der Waals surface area (Å²) in [5, 5.41) is 9.16. The van der Waals surface area contributed by atoms with Crippen molar-refractivity contribution < 1.29 is 29.0 Å². The van der Waals surface area contributed by atoms with E-state index in [1.165, 1.54) is 13.8 Å². The molecule has 4 rings (SSSR count). The molecule has 1 N–H and O–H groups in total. The van der Waals surface area contributed by atoms with Crippen LogP contribution in [0.2, 0.25) is 0 Å². The number of carbonyl (C=O) groups is 3. The van der Waals surface area contributed by atoms with E-state index in [2.05, 4.69) is 20.4 Å². The lowest BCUT2D eigenvalue weighted by Crippen LogP contribution is -2.53. The molecule has 0 aromatic heterocycles. The van der Waals surface area contributed by atoms with E-state index in [-0.39, 0.29) is 29.0 Å². The molecule has 9 atom stereocenters. The first kappa shape index (κ1) is 23.3. The fourth-order valence-corrected chi connectivity index (χ4v) is 7.92. The van der Waals surface area contributed by atoms with Gasteiger partial charge in [0.05, 0.1) is 0 Å². The van der Waals surface area contributed by atoms with Gasteiger partial charge >= 0.3 is 17.9 Å². The van der Waals surface area contributed by atoms with Crippen LogP contribution in [-0.4, -0.2) is 35.2 Å². The number of carboxylic acid groups (broad SMARTS) is 1. The smallest absolute Gasteiger partial charge is 0.320 e. The van der Waals surface area contributed by atoms with Crippen LogP contribution < -0.4 is 0 Å². The molecular weight excluding hydrogens is 408 g/mol. The van der Waals surface area contributed by atoms with Gasteiger partial charge in [0.25, 0.3) is 0 Å². The molecule has 4 aliphatic carbocycles. The first-order valence-electron chi connectivity index (χ1n) is 12.3. The van der Waals surface area contributed by atoms with Gasteiger partial charge in [0.2, 0.25) is 0 Å². The molecule has 0 aromatic carbocycles. The first-order valence-corrected chi connectivity index (χ1v) is 12.3. The molecule has 0 radical (unpaired) electrons. The predicted octanol–water partition coefficient (Wildman–Crippen LogP) is 4.76. The highest BCUT2D eigenvalue weighted by Crippen LogP contribution is 2.67. The number of carboxylic acids is 1. The number of carbonyl (C=O) groups excluding carboxylic acids is 2. The molecule has 4 aliphatic rings. The standard InChI is InChI=1S/C26H38O6/c1-14(23(28)29)24(30)32-22-13-21-19-7-6-17-12-18(31-16(3)27)8-10-26(17,5)20(19)9-11-25(21,4)15(22)2/h14,17-22H,2,6-13H2,1,3-5H3,(H,28,29)/t14?,17-,18-,19-,20+,21+,22?,25-,26+/m1/s1/i27+0. The van der Waals surface area contributed by atoms with Crippen LogP contribution in [0.25, 0.3) is 0 Å². The van der Waals surface area contributed by atoms with Crippen LogP contribution in [0.1, 0.15) is 79.1 Å². The molecule has 4 fully saturated rings. The van der Waals surface area contributed by atoms with Gasteiger partial charge in [0.15, 0.2) is 5.92 Å². The van der Waals surface area contributed by atoms with E-state index in [1.54, 1.807) is 0 Å².